The molecule has 130 valence electrons. The molecule has 1 aliphatic rings. The molecule has 5 nitrogen and oxygen atoms in total. The molecule has 7 heteroatoms. The minimum absolute atomic E-state index is 0.255. The fourth-order valence-corrected chi connectivity index (χ4v) is 3.26. The largest absolute Gasteiger partial charge is 0.482 e. The number of nitrogens with one attached hydrogen (secondary N) is 1. The van der Waals surface area contributed by atoms with E-state index < -0.39 is 17.4 Å². The summed E-state index contributed by atoms with van der Waals surface area (Å²) in [5.74, 6) is -1.53. The second-order valence-corrected chi connectivity index (χ2v) is 6.70. The molecule has 2 aromatic carbocycles. The van der Waals surface area contributed by atoms with Crippen LogP contribution in [0.15, 0.2) is 48.5 Å². The van der Waals surface area contributed by atoms with Crippen molar-refractivity contribution in [1.82, 2.24) is 5.32 Å². The minimum Gasteiger partial charge on any atom is -0.482 e. The number of hydrogen-bond donors (Lipinski definition) is 2. The Labute approximate surface area is 154 Å². The van der Waals surface area contributed by atoms with Crippen LogP contribution in [-0.4, -0.2) is 29.1 Å². The molecule has 2 N–H and O–H groups in total. The number of aliphatic carboxylic acids is 1. The second-order valence-electron chi connectivity index (χ2n) is 5.86. The van der Waals surface area contributed by atoms with Crippen LogP contribution in [0.3, 0.4) is 0 Å². The van der Waals surface area contributed by atoms with E-state index in [0.29, 0.717) is 17.2 Å². The molecule has 1 amide bonds. The molecule has 0 bridgehead atoms. The highest BCUT2D eigenvalue weighted by Crippen LogP contribution is 2.51. The number of carboxylic acid groups (broad SMARTS) is 1. The highest BCUT2D eigenvalue weighted by molar-refractivity contribution is 6.35. The Bertz CT molecular complexity index is 812. The van der Waals surface area contributed by atoms with Crippen molar-refractivity contribution in [3.8, 4) is 5.75 Å². The van der Waals surface area contributed by atoms with Crippen LogP contribution in [-0.2, 0) is 9.59 Å². The zero-order chi connectivity index (χ0) is 18.0. The number of halogens is 2. The lowest BCUT2D eigenvalue weighted by molar-refractivity contribution is -0.143. The van der Waals surface area contributed by atoms with Crippen LogP contribution in [0.5, 0.6) is 5.75 Å². The molecular weight excluding hydrogens is 365 g/mol. The van der Waals surface area contributed by atoms with Gasteiger partial charge in [-0.25, -0.2) is 4.79 Å². The third-order valence-corrected chi connectivity index (χ3v) is 4.69. The molecule has 0 aromatic heterocycles. The molecule has 2 unspecified atom stereocenters. The van der Waals surface area contributed by atoms with Gasteiger partial charge in [0.2, 0.25) is 0 Å². The SMILES string of the molecule is O=C(COc1ccc(Cl)cc1Cl)NC1(C(=O)O)CC1c1ccccc1. The number of ether oxygens (including phenoxy) is 1. The smallest absolute Gasteiger partial charge is 0.330 e. The van der Waals surface area contributed by atoms with Crippen molar-refractivity contribution in [2.75, 3.05) is 6.61 Å². The van der Waals surface area contributed by atoms with Gasteiger partial charge in [0.05, 0.1) is 5.02 Å². The highest BCUT2D eigenvalue weighted by Gasteiger charge is 2.62. The fourth-order valence-electron chi connectivity index (χ4n) is 2.80. The maximum atomic E-state index is 12.2. The third-order valence-electron chi connectivity index (χ3n) is 4.16. The van der Waals surface area contributed by atoms with E-state index in [1.807, 2.05) is 30.3 Å². The van der Waals surface area contributed by atoms with Gasteiger partial charge >= 0.3 is 5.97 Å². The van der Waals surface area contributed by atoms with Crippen molar-refractivity contribution in [3.05, 3.63) is 64.1 Å². The van der Waals surface area contributed by atoms with Crippen LogP contribution in [0.25, 0.3) is 0 Å². The Morgan fingerprint density at radius 3 is 2.56 bits per heavy atom. The Balaban J connectivity index is 1.64. The van der Waals surface area contributed by atoms with Crippen LogP contribution < -0.4 is 10.1 Å². The first-order chi connectivity index (χ1) is 11.9. The lowest BCUT2D eigenvalue weighted by Crippen LogP contribution is -2.46. The number of hydrogen-bond acceptors (Lipinski definition) is 3. The van der Waals surface area contributed by atoms with E-state index in [1.54, 1.807) is 12.1 Å². The normalized spacial score (nSPS) is 21.4. The van der Waals surface area contributed by atoms with Crippen molar-refractivity contribution in [2.45, 2.75) is 17.9 Å². The molecule has 2 atom stereocenters. The van der Waals surface area contributed by atoms with Crippen LogP contribution in [0.2, 0.25) is 10.0 Å². The molecule has 1 aliphatic carbocycles. The monoisotopic (exact) mass is 379 g/mol. The molecule has 2 aromatic rings. The molecule has 0 spiro atoms. The van der Waals surface area contributed by atoms with Crippen LogP contribution >= 0.6 is 23.2 Å². The van der Waals surface area contributed by atoms with E-state index in [1.165, 1.54) is 6.07 Å². The number of carboxylic acids is 1. The minimum atomic E-state index is -1.29. The summed E-state index contributed by atoms with van der Waals surface area (Å²) >= 11 is 11.8. The van der Waals surface area contributed by atoms with E-state index in [-0.39, 0.29) is 17.5 Å². The van der Waals surface area contributed by atoms with E-state index in [9.17, 15) is 14.7 Å². The van der Waals surface area contributed by atoms with Crippen molar-refractivity contribution in [3.63, 3.8) is 0 Å². The Morgan fingerprint density at radius 1 is 1.20 bits per heavy atom. The molecule has 0 aliphatic heterocycles. The first kappa shape index (κ1) is 17.6. The predicted octanol–water partition coefficient (Wildman–Crippen LogP) is 3.50. The highest BCUT2D eigenvalue weighted by atomic mass is 35.5. The summed E-state index contributed by atoms with van der Waals surface area (Å²) in [6.45, 7) is -0.335. The first-order valence-electron chi connectivity index (χ1n) is 7.59. The van der Waals surface area contributed by atoms with Gasteiger partial charge in [-0.2, -0.15) is 0 Å². The number of carbonyl (C=O) groups is 2. The molecule has 0 heterocycles. The van der Waals surface area contributed by atoms with Gasteiger partial charge in [0, 0.05) is 10.9 Å². The van der Waals surface area contributed by atoms with Gasteiger partial charge in [-0.3, -0.25) is 4.79 Å². The summed E-state index contributed by atoms with van der Waals surface area (Å²) in [5, 5.41) is 12.9. The fraction of sp³-hybridized carbons (Fsp3) is 0.222. The average Bonchev–Trinajstić information content (AvgIpc) is 3.30. The molecule has 0 radical (unpaired) electrons. The van der Waals surface area contributed by atoms with Crippen LogP contribution in [0.1, 0.15) is 17.9 Å². The number of benzene rings is 2. The summed E-state index contributed by atoms with van der Waals surface area (Å²) in [6.07, 6.45) is 0.347. The Morgan fingerprint density at radius 2 is 1.92 bits per heavy atom. The van der Waals surface area contributed by atoms with E-state index in [4.69, 9.17) is 27.9 Å². The van der Waals surface area contributed by atoms with Crippen molar-refractivity contribution in [2.24, 2.45) is 0 Å². The summed E-state index contributed by atoms with van der Waals surface area (Å²) in [6, 6.07) is 13.9. The van der Waals surface area contributed by atoms with Gasteiger partial charge in [0.25, 0.3) is 5.91 Å². The summed E-state index contributed by atoms with van der Waals surface area (Å²) < 4.78 is 5.35. The predicted molar refractivity (Wildman–Crippen MR) is 94.3 cm³/mol. The number of amides is 1. The maximum Gasteiger partial charge on any atom is 0.330 e. The molecule has 0 saturated heterocycles. The van der Waals surface area contributed by atoms with E-state index in [2.05, 4.69) is 5.32 Å². The zero-order valence-electron chi connectivity index (χ0n) is 13.0. The molecular formula is C18H15Cl2NO4. The van der Waals surface area contributed by atoms with Crippen LogP contribution in [0.4, 0.5) is 0 Å². The van der Waals surface area contributed by atoms with Gasteiger partial charge in [-0.05, 0) is 30.2 Å². The molecule has 3 rings (SSSR count). The standard InChI is InChI=1S/C18H15Cl2NO4/c19-12-6-7-15(14(20)8-12)25-10-16(22)21-18(17(23)24)9-13(18)11-4-2-1-3-5-11/h1-8,13H,9-10H2,(H,21,22)(H,23,24). The molecule has 25 heavy (non-hydrogen) atoms. The molecule has 1 saturated carbocycles. The summed E-state index contributed by atoms with van der Waals surface area (Å²) in [7, 11) is 0. The number of carbonyl (C=O) groups excluding carboxylic acids is 1. The van der Waals surface area contributed by atoms with Gasteiger partial charge in [0.1, 0.15) is 11.3 Å². The lowest BCUT2D eigenvalue weighted by Gasteiger charge is -2.16. The quantitative estimate of drug-likeness (QED) is 0.805. The number of rotatable bonds is 6. The average molecular weight is 380 g/mol. The van der Waals surface area contributed by atoms with Gasteiger partial charge in [0.15, 0.2) is 6.61 Å². The van der Waals surface area contributed by atoms with Crippen LogP contribution in [0, 0.1) is 0 Å². The van der Waals surface area contributed by atoms with Crippen molar-refractivity contribution >= 4 is 35.1 Å². The summed E-state index contributed by atoms with van der Waals surface area (Å²) in [5.41, 5.74) is -0.405. The van der Waals surface area contributed by atoms with Gasteiger partial charge < -0.3 is 15.2 Å². The Hall–Kier alpha value is -2.24. The maximum absolute atomic E-state index is 12.2. The van der Waals surface area contributed by atoms with Crippen molar-refractivity contribution in [1.29, 1.82) is 0 Å². The lowest BCUT2D eigenvalue weighted by atomic mass is 10.1. The van der Waals surface area contributed by atoms with Gasteiger partial charge in [-0.1, -0.05) is 53.5 Å². The van der Waals surface area contributed by atoms with Gasteiger partial charge in [-0.15, -0.1) is 0 Å². The third kappa shape index (κ3) is 3.72. The van der Waals surface area contributed by atoms with Crippen molar-refractivity contribution < 1.29 is 19.4 Å². The molecule has 1 fully saturated rings. The summed E-state index contributed by atoms with van der Waals surface area (Å²) in [4.78, 5) is 23.8. The first-order valence-corrected chi connectivity index (χ1v) is 8.35. The van der Waals surface area contributed by atoms with E-state index in [0.717, 1.165) is 5.56 Å². The van der Waals surface area contributed by atoms with E-state index >= 15 is 0 Å². The Kier molecular flexibility index (Phi) is 4.88. The second kappa shape index (κ2) is 6.94. The topological polar surface area (TPSA) is 75.6 Å². The zero-order valence-corrected chi connectivity index (χ0v) is 14.6.